The number of hydrogen-bond donors (Lipinski definition) is 1. The van der Waals surface area contributed by atoms with Gasteiger partial charge in [-0.3, -0.25) is 0 Å². The highest BCUT2D eigenvalue weighted by Gasteiger charge is 2.09. The summed E-state index contributed by atoms with van der Waals surface area (Å²) < 4.78 is 5.28. The second kappa shape index (κ2) is 4.00. The van der Waals surface area contributed by atoms with E-state index in [1.165, 1.54) is 6.26 Å². The van der Waals surface area contributed by atoms with Gasteiger partial charge in [-0.25, -0.2) is 9.78 Å². The van der Waals surface area contributed by atoms with Crippen LogP contribution >= 0.6 is 0 Å². The van der Waals surface area contributed by atoms with Crippen LogP contribution in [0.1, 0.15) is 10.4 Å². The summed E-state index contributed by atoms with van der Waals surface area (Å²) in [6.07, 6.45) is 3.10. The fourth-order valence-corrected chi connectivity index (χ4v) is 1.96. The molecule has 2 aromatic carbocycles. The molecule has 0 saturated heterocycles. The number of aromatic carboxylic acids is 1. The van der Waals surface area contributed by atoms with Crippen molar-refractivity contribution >= 4 is 16.7 Å². The summed E-state index contributed by atoms with van der Waals surface area (Å²) in [7, 11) is 0. The van der Waals surface area contributed by atoms with Crippen LogP contribution in [0.4, 0.5) is 0 Å². The zero-order valence-corrected chi connectivity index (χ0v) is 9.33. The molecule has 4 heteroatoms. The quantitative estimate of drug-likeness (QED) is 0.745. The first-order valence-electron chi connectivity index (χ1n) is 5.41. The molecular formula is C14H9NO3. The van der Waals surface area contributed by atoms with Gasteiger partial charge in [0.2, 0.25) is 5.89 Å². The monoisotopic (exact) mass is 239 g/mol. The zero-order chi connectivity index (χ0) is 12.5. The van der Waals surface area contributed by atoms with E-state index in [1.807, 2.05) is 18.2 Å². The average molecular weight is 239 g/mol. The molecular weight excluding hydrogens is 230 g/mol. The predicted molar refractivity (Wildman–Crippen MR) is 66.4 cm³/mol. The maximum Gasteiger partial charge on any atom is 0.335 e. The predicted octanol–water partition coefficient (Wildman–Crippen LogP) is 3.19. The Balaban J connectivity index is 2.26. The van der Waals surface area contributed by atoms with Crippen molar-refractivity contribution in [1.29, 1.82) is 0 Å². The lowest BCUT2D eigenvalue weighted by atomic mass is 10.0. The Bertz CT molecular complexity index is 717. The molecule has 0 aliphatic carbocycles. The molecule has 3 aromatic rings. The largest absolute Gasteiger partial charge is 0.478 e. The van der Waals surface area contributed by atoms with Gasteiger partial charge in [0.05, 0.1) is 11.8 Å². The van der Waals surface area contributed by atoms with Crippen molar-refractivity contribution in [2.24, 2.45) is 0 Å². The van der Waals surface area contributed by atoms with E-state index in [9.17, 15) is 4.79 Å². The number of carbonyl (C=O) groups is 1. The van der Waals surface area contributed by atoms with E-state index in [4.69, 9.17) is 9.52 Å². The molecule has 0 radical (unpaired) electrons. The standard InChI is InChI=1S/C14H9NO3/c16-14(17)10-4-5-11-9(8-10)2-1-3-12(11)13-15-6-7-18-13/h1-8H,(H,16,17). The number of nitrogens with zero attached hydrogens (tertiary/aromatic N) is 1. The highest BCUT2D eigenvalue weighted by molar-refractivity contribution is 5.99. The van der Waals surface area contributed by atoms with E-state index in [0.717, 1.165) is 16.3 Å². The van der Waals surface area contributed by atoms with Gasteiger partial charge >= 0.3 is 5.97 Å². The number of aromatic nitrogens is 1. The summed E-state index contributed by atoms with van der Waals surface area (Å²) in [6, 6.07) is 10.6. The molecule has 88 valence electrons. The van der Waals surface area contributed by atoms with Gasteiger partial charge in [0, 0.05) is 5.56 Å². The van der Waals surface area contributed by atoms with E-state index in [1.54, 1.807) is 24.4 Å². The molecule has 0 bridgehead atoms. The Hall–Kier alpha value is -2.62. The molecule has 4 nitrogen and oxygen atoms in total. The minimum absolute atomic E-state index is 0.270. The van der Waals surface area contributed by atoms with Crippen LogP contribution < -0.4 is 0 Å². The Kier molecular flexibility index (Phi) is 2.34. The molecule has 0 aliphatic rings. The normalized spacial score (nSPS) is 10.7. The highest BCUT2D eigenvalue weighted by atomic mass is 16.4. The van der Waals surface area contributed by atoms with Crippen LogP contribution in [-0.2, 0) is 0 Å². The molecule has 0 spiro atoms. The SMILES string of the molecule is O=C(O)c1ccc2c(-c3ncco3)cccc2c1. The van der Waals surface area contributed by atoms with Crippen molar-refractivity contribution in [2.75, 3.05) is 0 Å². The molecule has 0 fully saturated rings. The lowest BCUT2D eigenvalue weighted by Gasteiger charge is -2.04. The van der Waals surface area contributed by atoms with E-state index in [-0.39, 0.29) is 5.56 Å². The van der Waals surface area contributed by atoms with Crippen molar-refractivity contribution in [3.63, 3.8) is 0 Å². The Morgan fingerprint density at radius 3 is 2.83 bits per heavy atom. The number of hydrogen-bond acceptors (Lipinski definition) is 3. The Labute approximate surface area is 103 Å². The maximum atomic E-state index is 10.9. The van der Waals surface area contributed by atoms with Crippen LogP contribution in [0.15, 0.2) is 53.3 Å². The maximum absolute atomic E-state index is 10.9. The van der Waals surface area contributed by atoms with Crippen LogP contribution in [-0.4, -0.2) is 16.1 Å². The van der Waals surface area contributed by atoms with Crippen LogP contribution in [0.25, 0.3) is 22.2 Å². The van der Waals surface area contributed by atoms with Crippen molar-refractivity contribution in [1.82, 2.24) is 4.98 Å². The Morgan fingerprint density at radius 1 is 1.22 bits per heavy atom. The van der Waals surface area contributed by atoms with Gasteiger partial charge in [-0.2, -0.15) is 0 Å². The summed E-state index contributed by atoms with van der Waals surface area (Å²) in [5, 5.41) is 10.7. The van der Waals surface area contributed by atoms with Crippen molar-refractivity contribution < 1.29 is 14.3 Å². The smallest absolute Gasteiger partial charge is 0.335 e. The Morgan fingerprint density at radius 2 is 2.11 bits per heavy atom. The molecule has 1 N–H and O–H groups in total. The zero-order valence-electron chi connectivity index (χ0n) is 9.33. The lowest BCUT2D eigenvalue weighted by Crippen LogP contribution is -1.95. The number of rotatable bonds is 2. The third-order valence-electron chi connectivity index (χ3n) is 2.79. The highest BCUT2D eigenvalue weighted by Crippen LogP contribution is 2.28. The summed E-state index contributed by atoms with van der Waals surface area (Å²) in [6.45, 7) is 0. The molecule has 3 rings (SSSR count). The first-order chi connectivity index (χ1) is 8.75. The van der Waals surface area contributed by atoms with Gasteiger partial charge in [-0.1, -0.05) is 18.2 Å². The third kappa shape index (κ3) is 1.64. The van der Waals surface area contributed by atoms with Gasteiger partial charge in [0.1, 0.15) is 6.26 Å². The second-order valence-electron chi connectivity index (χ2n) is 3.88. The topological polar surface area (TPSA) is 63.3 Å². The molecule has 0 unspecified atom stereocenters. The van der Waals surface area contributed by atoms with Crippen molar-refractivity contribution in [3.05, 3.63) is 54.4 Å². The minimum Gasteiger partial charge on any atom is -0.478 e. The first-order valence-corrected chi connectivity index (χ1v) is 5.41. The van der Waals surface area contributed by atoms with Gasteiger partial charge in [-0.15, -0.1) is 0 Å². The fourth-order valence-electron chi connectivity index (χ4n) is 1.96. The number of carboxylic acid groups (broad SMARTS) is 1. The van der Waals surface area contributed by atoms with Gasteiger partial charge < -0.3 is 9.52 Å². The number of benzene rings is 2. The van der Waals surface area contributed by atoms with E-state index in [0.29, 0.717) is 5.89 Å². The summed E-state index contributed by atoms with van der Waals surface area (Å²) in [4.78, 5) is 15.0. The second-order valence-corrected chi connectivity index (χ2v) is 3.88. The summed E-state index contributed by atoms with van der Waals surface area (Å²) in [5.74, 6) is -0.401. The van der Waals surface area contributed by atoms with E-state index < -0.39 is 5.97 Å². The number of fused-ring (bicyclic) bond motifs is 1. The average Bonchev–Trinajstić information content (AvgIpc) is 2.91. The minimum atomic E-state index is -0.932. The lowest BCUT2D eigenvalue weighted by molar-refractivity contribution is 0.0697. The van der Waals surface area contributed by atoms with Crippen LogP contribution in [0.3, 0.4) is 0 Å². The van der Waals surface area contributed by atoms with Crippen molar-refractivity contribution in [3.8, 4) is 11.5 Å². The molecule has 0 atom stereocenters. The molecule has 0 amide bonds. The molecule has 0 aliphatic heterocycles. The van der Waals surface area contributed by atoms with Gasteiger partial charge in [-0.05, 0) is 29.0 Å². The van der Waals surface area contributed by atoms with E-state index in [2.05, 4.69) is 4.98 Å². The van der Waals surface area contributed by atoms with Crippen LogP contribution in [0.2, 0.25) is 0 Å². The third-order valence-corrected chi connectivity index (χ3v) is 2.79. The van der Waals surface area contributed by atoms with E-state index >= 15 is 0 Å². The first kappa shape index (κ1) is 10.5. The molecule has 0 saturated carbocycles. The van der Waals surface area contributed by atoms with Gasteiger partial charge in [0.25, 0.3) is 0 Å². The molecule has 18 heavy (non-hydrogen) atoms. The summed E-state index contributed by atoms with van der Waals surface area (Å²) >= 11 is 0. The summed E-state index contributed by atoms with van der Waals surface area (Å²) in [5.41, 5.74) is 1.13. The number of oxazole rings is 1. The fraction of sp³-hybridized carbons (Fsp3) is 0. The van der Waals surface area contributed by atoms with Crippen LogP contribution in [0, 0.1) is 0 Å². The van der Waals surface area contributed by atoms with Crippen LogP contribution in [0.5, 0.6) is 0 Å². The number of carboxylic acids is 1. The van der Waals surface area contributed by atoms with Gasteiger partial charge in [0.15, 0.2) is 0 Å². The van der Waals surface area contributed by atoms with Crippen molar-refractivity contribution in [2.45, 2.75) is 0 Å². The molecule has 1 heterocycles. The molecule has 1 aromatic heterocycles.